The van der Waals surface area contributed by atoms with Crippen LogP contribution in [-0.4, -0.2) is 23.4 Å². The second kappa shape index (κ2) is 6.59. The summed E-state index contributed by atoms with van der Waals surface area (Å²) in [4.78, 5) is 16.1. The number of nitrogens with one attached hydrogen (secondary N) is 1. The largest absolute Gasteiger partial charge is 0.323 e. The maximum absolute atomic E-state index is 12.5. The second-order valence-electron chi connectivity index (χ2n) is 5.36. The quantitative estimate of drug-likeness (QED) is 0.883. The number of hydrogen-bond acceptors (Lipinski definition) is 3. The normalized spacial score (nSPS) is 16.1. The summed E-state index contributed by atoms with van der Waals surface area (Å²) in [6, 6.07) is 7.15. The zero-order chi connectivity index (χ0) is 15.7. The van der Waals surface area contributed by atoms with Gasteiger partial charge in [-0.05, 0) is 42.5 Å². The van der Waals surface area contributed by atoms with Crippen molar-refractivity contribution in [2.24, 2.45) is 0 Å². The monoisotopic (exact) mass is 354 g/mol. The summed E-state index contributed by atoms with van der Waals surface area (Å²) in [5, 5.41) is 5.80. The molecule has 1 aliphatic rings. The summed E-state index contributed by atoms with van der Waals surface area (Å²) in [5.74, 6) is -0.0668. The van der Waals surface area contributed by atoms with E-state index in [2.05, 4.69) is 21.7 Å². The number of anilines is 1. The molecule has 1 aliphatic heterocycles. The fourth-order valence-electron chi connectivity index (χ4n) is 2.60. The SMILES string of the molecule is C[C@@H](C(=O)Nc1cccc(Cl)c1Cl)N1CCc2sccc2C1. The van der Waals surface area contributed by atoms with Gasteiger partial charge in [-0.3, -0.25) is 9.69 Å². The highest BCUT2D eigenvalue weighted by Crippen LogP contribution is 2.30. The van der Waals surface area contributed by atoms with Crippen molar-refractivity contribution in [1.29, 1.82) is 0 Å². The van der Waals surface area contributed by atoms with Gasteiger partial charge in [-0.2, -0.15) is 0 Å². The van der Waals surface area contributed by atoms with Crippen LogP contribution >= 0.6 is 34.5 Å². The number of fused-ring (bicyclic) bond motifs is 1. The molecule has 0 aliphatic carbocycles. The van der Waals surface area contributed by atoms with Gasteiger partial charge in [0.25, 0.3) is 0 Å². The number of amides is 1. The predicted molar refractivity (Wildman–Crippen MR) is 93.0 cm³/mol. The molecule has 0 bridgehead atoms. The molecule has 3 rings (SSSR count). The average Bonchev–Trinajstić information content (AvgIpc) is 2.98. The van der Waals surface area contributed by atoms with Gasteiger partial charge in [0.2, 0.25) is 5.91 Å². The molecule has 1 N–H and O–H groups in total. The summed E-state index contributed by atoms with van der Waals surface area (Å²) in [6.07, 6.45) is 1.00. The first-order valence-corrected chi connectivity index (χ1v) is 8.74. The van der Waals surface area contributed by atoms with Crippen molar-refractivity contribution in [2.45, 2.75) is 25.9 Å². The molecular weight excluding hydrogens is 339 g/mol. The van der Waals surface area contributed by atoms with Gasteiger partial charge in [0, 0.05) is 18.0 Å². The van der Waals surface area contributed by atoms with E-state index in [1.54, 1.807) is 29.5 Å². The van der Waals surface area contributed by atoms with Crippen molar-refractivity contribution < 1.29 is 4.79 Å². The van der Waals surface area contributed by atoms with Crippen molar-refractivity contribution in [3.63, 3.8) is 0 Å². The molecule has 2 heterocycles. The van der Waals surface area contributed by atoms with Crippen LogP contribution in [0.3, 0.4) is 0 Å². The van der Waals surface area contributed by atoms with Crippen molar-refractivity contribution >= 4 is 46.1 Å². The summed E-state index contributed by atoms with van der Waals surface area (Å²) >= 11 is 13.9. The molecular formula is C16H16Cl2N2OS. The topological polar surface area (TPSA) is 32.3 Å². The molecule has 6 heteroatoms. The molecule has 116 valence electrons. The maximum Gasteiger partial charge on any atom is 0.241 e. The molecule has 1 amide bonds. The molecule has 1 atom stereocenters. The Kier molecular flexibility index (Phi) is 4.73. The van der Waals surface area contributed by atoms with E-state index in [0.717, 1.165) is 19.5 Å². The molecule has 0 saturated carbocycles. The molecule has 0 spiro atoms. The Balaban J connectivity index is 1.69. The fourth-order valence-corrected chi connectivity index (χ4v) is 3.84. The molecule has 1 aromatic carbocycles. The second-order valence-corrected chi connectivity index (χ2v) is 7.14. The van der Waals surface area contributed by atoms with Crippen LogP contribution in [0.5, 0.6) is 0 Å². The first-order chi connectivity index (χ1) is 10.6. The third-order valence-corrected chi connectivity index (χ3v) is 5.82. The lowest BCUT2D eigenvalue weighted by Gasteiger charge is -2.31. The van der Waals surface area contributed by atoms with E-state index >= 15 is 0 Å². The highest BCUT2D eigenvalue weighted by molar-refractivity contribution is 7.10. The number of thiophene rings is 1. The third-order valence-electron chi connectivity index (χ3n) is 3.97. The van der Waals surface area contributed by atoms with Crippen molar-refractivity contribution in [3.05, 3.63) is 50.1 Å². The molecule has 1 aromatic heterocycles. The number of benzene rings is 1. The van der Waals surface area contributed by atoms with Gasteiger partial charge < -0.3 is 5.32 Å². The minimum atomic E-state index is -0.219. The van der Waals surface area contributed by atoms with Crippen molar-refractivity contribution in [3.8, 4) is 0 Å². The summed E-state index contributed by atoms with van der Waals surface area (Å²) in [6.45, 7) is 3.63. The lowest BCUT2D eigenvalue weighted by molar-refractivity contribution is -0.121. The maximum atomic E-state index is 12.5. The number of nitrogens with zero attached hydrogens (tertiary/aromatic N) is 1. The van der Waals surface area contributed by atoms with Gasteiger partial charge in [0.15, 0.2) is 0 Å². The fraction of sp³-hybridized carbons (Fsp3) is 0.312. The van der Waals surface area contributed by atoms with E-state index in [1.165, 1.54) is 10.4 Å². The van der Waals surface area contributed by atoms with Crippen LogP contribution in [-0.2, 0) is 17.8 Å². The van der Waals surface area contributed by atoms with E-state index in [4.69, 9.17) is 23.2 Å². The molecule has 2 aromatic rings. The van der Waals surface area contributed by atoms with Crippen LogP contribution in [0.1, 0.15) is 17.4 Å². The Morgan fingerprint density at radius 2 is 2.18 bits per heavy atom. The van der Waals surface area contributed by atoms with Gasteiger partial charge >= 0.3 is 0 Å². The van der Waals surface area contributed by atoms with Crippen molar-refractivity contribution in [2.75, 3.05) is 11.9 Å². The van der Waals surface area contributed by atoms with Gasteiger partial charge in [-0.1, -0.05) is 29.3 Å². The van der Waals surface area contributed by atoms with Crippen molar-refractivity contribution in [1.82, 2.24) is 4.90 Å². The van der Waals surface area contributed by atoms with E-state index < -0.39 is 0 Å². The number of hydrogen-bond donors (Lipinski definition) is 1. The zero-order valence-corrected chi connectivity index (χ0v) is 14.4. The Labute approximate surface area is 143 Å². The van der Waals surface area contributed by atoms with E-state index in [9.17, 15) is 4.79 Å². The highest BCUT2D eigenvalue weighted by Gasteiger charge is 2.26. The van der Waals surface area contributed by atoms with Crippen LogP contribution in [0.15, 0.2) is 29.6 Å². The summed E-state index contributed by atoms with van der Waals surface area (Å²) < 4.78 is 0. The first kappa shape index (κ1) is 15.8. The molecule has 3 nitrogen and oxygen atoms in total. The smallest absolute Gasteiger partial charge is 0.241 e. The minimum Gasteiger partial charge on any atom is -0.323 e. The Bertz CT molecular complexity index is 701. The number of halogens is 2. The lowest BCUT2D eigenvalue weighted by Crippen LogP contribution is -2.44. The predicted octanol–water partition coefficient (Wildman–Crippen LogP) is 4.44. The average molecular weight is 355 g/mol. The molecule has 0 saturated heterocycles. The Hall–Kier alpha value is -1.07. The number of carbonyl (C=O) groups excluding carboxylic acids is 1. The van der Waals surface area contributed by atoms with Gasteiger partial charge in [-0.15, -0.1) is 11.3 Å². The zero-order valence-electron chi connectivity index (χ0n) is 12.1. The van der Waals surface area contributed by atoms with E-state index in [1.807, 2.05) is 6.92 Å². The minimum absolute atomic E-state index is 0.0668. The van der Waals surface area contributed by atoms with Gasteiger partial charge in [0.1, 0.15) is 0 Å². The first-order valence-electron chi connectivity index (χ1n) is 7.10. The van der Waals surface area contributed by atoms with E-state index in [-0.39, 0.29) is 11.9 Å². The van der Waals surface area contributed by atoms with Gasteiger partial charge in [-0.25, -0.2) is 0 Å². The van der Waals surface area contributed by atoms with E-state index in [0.29, 0.717) is 15.7 Å². The van der Waals surface area contributed by atoms with Crippen LogP contribution in [0.2, 0.25) is 10.0 Å². The summed E-state index contributed by atoms with van der Waals surface area (Å²) in [7, 11) is 0. The van der Waals surface area contributed by atoms with Gasteiger partial charge in [0.05, 0.1) is 21.8 Å². The van der Waals surface area contributed by atoms with Crippen LogP contribution in [0.25, 0.3) is 0 Å². The highest BCUT2D eigenvalue weighted by atomic mass is 35.5. The van der Waals surface area contributed by atoms with Crippen LogP contribution < -0.4 is 5.32 Å². The lowest BCUT2D eigenvalue weighted by atomic mass is 10.1. The number of carbonyl (C=O) groups is 1. The molecule has 0 unspecified atom stereocenters. The molecule has 0 radical (unpaired) electrons. The standard InChI is InChI=1S/C16H16Cl2N2OS/c1-10(20-7-5-14-11(9-20)6-8-22-14)16(21)19-13-4-2-3-12(17)15(13)18/h2-4,6,8,10H,5,7,9H2,1H3,(H,19,21)/t10-/m0/s1. The van der Waals surface area contributed by atoms with Crippen LogP contribution in [0, 0.1) is 0 Å². The third kappa shape index (κ3) is 3.15. The molecule has 22 heavy (non-hydrogen) atoms. The van der Waals surface area contributed by atoms with Crippen LogP contribution in [0.4, 0.5) is 5.69 Å². The molecule has 0 fully saturated rings. The Morgan fingerprint density at radius 1 is 1.36 bits per heavy atom. The Morgan fingerprint density at radius 3 is 3.00 bits per heavy atom. The summed E-state index contributed by atoms with van der Waals surface area (Å²) in [5.41, 5.74) is 1.89. The number of rotatable bonds is 3.